The van der Waals surface area contributed by atoms with Crippen molar-refractivity contribution in [2.45, 2.75) is 33.1 Å². The summed E-state index contributed by atoms with van der Waals surface area (Å²) in [6.45, 7) is 6.69. The molecule has 1 atom stereocenters. The first-order valence-electron chi connectivity index (χ1n) is 19.4. The van der Waals surface area contributed by atoms with Crippen LogP contribution in [0.25, 0.3) is 60.9 Å². The fraction of sp³-hybridized carbons (Fsp3) is 0.0943. The van der Waals surface area contributed by atoms with Gasteiger partial charge in [-0.3, -0.25) is 0 Å². The first-order chi connectivity index (χ1) is 27.0. The predicted octanol–water partition coefficient (Wildman–Crippen LogP) is 15.1. The third-order valence-corrected chi connectivity index (χ3v) is 11.2. The van der Waals surface area contributed by atoms with E-state index >= 15 is 0 Å². The van der Waals surface area contributed by atoms with E-state index in [2.05, 4.69) is 224 Å². The highest BCUT2D eigenvalue weighted by Crippen LogP contribution is 2.39. The molecule has 0 radical (unpaired) electrons. The van der Waals surface area contributed by atoms with Gasteiger partial charge in [-0.05, 0) is 131 Å². The molecular formula is C53H44N2. The molecule has 0 saturated heterocycles. The molecule has 1 aromatic heterocycles. The Balaban J connectivity index is 1.11. The summed E-state index contributed by atoms with van der Waals surface area (Å²) in [6.07, 6.45) is 1.15. The molecule has 0 bridgehead atoms. The summed E-state index contributed by atoms with van der Waals surface area (Å²) in [4.78, 5) is 2.31. The monoisotopic (exact) mass is 708 g/mol. The second-order valence-corrected chi connectivity index (χ2v) is 14.7. The van der Waals surface area contributed by atoms with E-state index in [9.17, 15) is 0 Å². The highest BCUT2D eigenvalue weighted by Gasteiger charge is 2.16. The average Bonchev–Trinajstić information content (AvgIpc) is 3.58. The van der Waals surface area contributed by atoms with Crippen LogP contribution in [0.4, 0.5) is 17.1 Å². The first-order valence-corrected chi connectivity index (χ1v) is 19.4. The van der Waals surface area contributed by atoms with Crippen LogP contribution in [0.2, 0.25) is 0 Å². The molecule has 2 nitrogen and oxygen atoms in total. The molecule has 0 aliphatic heterocycles. The van der Waals surface area contributed by atoms with Gasteiger partial charge in [0.05, 0.1) is 11.0 Å². The van der Waals surface area contributed by atoms with Crippen molar-refractivity contribution >= 4 is 38.9 Å². The molecule has 0 aliphatic rings. The van der Waals surface area contributed by atoms with Crippen molar-refractivity contribution in [1.29, 1.82) is 0 Å². The molecule has 0 fully saturated rings. The van der Waals surface area contributed by atoms with Gasteiger partial charge in [0.2, 0.25) is 0 Å². The lowest BCUT2D eigenvalue weighted by atomic mass is 9.95. The highest BCUT2D eigenvalue weighted by molar-refractivity contribution is 6.11. The molecule has 1 unspecified atom stereocenters. The predicted molar refractivity (Wildman–Crippen MR) is 235 cm³/mol. The molecule has 0 aliphatic carbocycles. The minimum absolute atomic E-state index is 0.579. The Labute approximate surface area is 324 Å². The van der Waals surface area contributed by atoms with E-state index in [1.807, 2.05) is 0 Å². The second-order valence-electron chi connectivity index (χ2n) is 14.7. The van der Waals surface area contributed by atoms with E-state index < -0.39 is 0 Å². The van der Waals surface area contributed by atoms with Gasteiger partial charge in [-0.2, -0.15) is 0 Å². The molecule has 9 aromatic rings. The third kappa shape index (κ3) is 6.62. The van der Waals surface area contributed by atoms with Crippen LogP contribution in [0.5, 0.6) is 0 Å². The van der Waals surface area contributed by atoms with Gasteiger partial charge in [0.15, 0.2) is 0 Å². The van der Waals surface area contributed by atoms with E-state index in [0.717, 1.165) is 23.5 Å². The SMILES string of the molecule is CCC(C)c1ccc(-c2ccc(-c3ccc4c(c3)c3cc(-c5ccc(N(c6ccccc6)c6ccccc6)cc5)ccc3n4-c3ccc(C)cc3)cc2)cc1. The summed E-state index contributed by atoms with van der Waals surface area (Å²) in [5.41, 5.74) is 16.9. The lowest BCUT2D eigenvalue weighted by Gasteiger charge is -2.25. The summed E-state index contributed by atoms with van der Waals surface area (Å²) >= 11 is 0. The van der Waals surface area contributed by atoms with Crippen LogP contribution in [0, 0.1) is 6.92 Å². The quantitative estimate of drug-likeness (QED) is 0.145. The molecule has 8 aromatic carbocycles. The molecule has 0 N–H and O–H groups in total. The summed E-state index contributed by atoms with van der Waals surface area (Å²) in [5, 5.41) is 2.49. The van der Waals surface area contributed by atoms with E-state index in [1.165, 1.54) is 72.0 Å². The zero-order valence-corrected chi connectivity index (χ0v) is 31.7. The number of aryl methyl sites for hydroxylation is 1. The number of benzene rings is 8. The maximum atomic E-state index is 2.41. The van der Waals surface area contributed by atoms with Gasteiger partial charge in [0.1, 0.15) is 0 Å². The summed E-state index contributed by atoms with van der Waals surface area (Å²) < 4.78 is 2.41. The van der Waals surface area contributed by atoms with Crippen molar-refractivity contribution in [2.75, 3.05) is 4.90 Å². The maximum absolute atomic E-state index is 2.41. The molecule has 0 saturated carbocycles. The smallest absolute Gasteiger partial charge is 0.0541 e. The molecule has 1 heterocycles. The molecule has 2 heteroatoms. The fourth-order valence-electron chi connectivity index (χ4n) is 7.85. The van der Waals surface area contributed by atoms with Crippen LogP contribution in [-0.2, 0) is 0 Å². The highest BCUT2D eigenvalue weighted by atomic mass is 15.1. The average molecular weight is 709 g/mol. The number of aromatic nitrogens is 1. The van der Waals surface area contributed by atoms with E-state index in [4.69, 9.17) is 0 Å². The fourth-order valence-corrected chi connectivity index (χ4v) is 7.85. The van der Waals surface area contributed by atoms with Crippen molar-refractivity contribution < 1.29 is 0 Å². The van der Waals surface area contributed by atoms with Crippen molar-refractivity contribution in [2.24, 2.45) is 0 Å². The standard InChI is InChI=1S/C53H44N2/c1-4-38(3)39-17-19-40(20-18-39)41-21-23-42(24-22-41)44-27-33-52-50(35-44)51-36-45(28-34-53(51)55(52)49-29-15-37(2)16-30-49)43-25-31-48(32-26-43)54(46-11-7-5-8-12-46)47-13-9-6-10-14-47/h5-36,38H,4H2,1-3H3. The zero-order chi connectivity index (χ0) is 37.3. The Hall–Kier alpha value is -6.64. The molecule has 9 rings (SSSR count). The zero-order valence-electron chi connectivity index (χ0n) is 31.7. The number of hydrogen-bond donors (Lipinski definition) is 0. The lowest BCUT2D eigenvalue weighted by Crippen LogP contribution is -2.09. The normalized spacial score (nSPS) is 11.9. The summed E-state index contributed by atoms with van der Waals surface area (Å²) in [6, 6.07) is 71.0. The number of fused-ring (bicyclic) bond motifs is 3. The number of hydrogen-bond acceptors (Lipinski definition) is 1. The number of para-hydroxylation sites is 2. The van der Waals surface area contributed by atoms with E-state index in [-0.39, 0.29) is 0 Å². The van der Waals surface area contributed by atoms with Crippen LogP contribution in [-0.4, -0.2) is 4.57 Å². The van der Waals surface area contributed by atoms with Gasteiger partial charge >= 0.3 is 0 Å². The van der Waals surface area contributed by atoms with E-state index in [1.54, 1.807) is 0 Å². The van der Waals surface area contributed by atoms with Crippen LogP contribution in [0.1, 0.15) is 37.3 Å². The van der Waals surface area contributed by atoms with Crippen LogP contribution < -0.4 is 4.90 Å². The molecule has 0 amide bonds. The molecule has 266 valence electrons. The minimum Gasteiger partial charge on any atom is -0.311 e. The topological polar surface area (TPSA) is 8.17 Å². The number of anilines is 3. The van der Waals surface area contributed by atoms with Gasteiger partial charge in [-0.1, -0.05) is 141 Å². The number of nitrogens with zero attached hydrogens (tertiary/aromatic N) is 2. The van der Waals surface area contributed by atoms with Crippen LogP contribution in [0.15, 0.2) is 194 Å². The summed E-state index contributed by atoms with van der Waals surface area (Å²) in [7, 11) is 0. The Kier molecular flexibility index (Phi) is 9.09. The number of rotatable bonds is 9. The largest absolute Gasteiger partial charge is 0.311 e. The van der Waals surface area contributed by atoms with Gasteiger partial charge < -0.3 is 9.47 Å². The Morgan fingerprint density at radius 3 is 1.31 bits per heavy atom. The minimum atomic E-state index is 0.579. The van der Waals surface area contributed by atoms with Crippen LogP contribution >= 0.6 is 0 Å². The third-order valence-electron chi connectivity index (χ3n) is 11.2. The molecule has 0 spiro atoms. The molecule has 55 heavy (non-hydrogen) atoms. The summed E-state index contributed by atoms with van der Waals surface area (Å²) in [5.74, 6) is 0.579. The van der Waals surface area contributed by atoms with Gasteiger partial charge in [0.25, 0.3) is 0 Å². The lowest BCUT2D eigenvalue weighted by molar-refractivity contribution is 0.734. The second kappa shape index (κ2) is 14.6. The van der Waals surface area contributed by atoms with Gasteiger partial charge in [-0.25, -0.2) is 0 Å². The van der Waals surface area contributed by atoms with Crippen LogP contribution in [0.3, 0.4) is 0 Å². The van der Waals surface area contributed by atoms with Crippen molar-refractivity contribution in [3.05, 3.63) is 205 Å². The Morgan fingerprint density at radius 1 is 0.436 bits per heavy atom. The van der Waals surface area contributed by atoms with E-state index in [0.29, 0.717) is 5.92 Å². The maximum Gasteiger partial charge on any atom is 0.0541 e. The Bertz CT molecular complexity index is 2670. The first kappa shape index (κ1) is 34.1. The molecular weight excluding hydrogens is 665 g/mol. The van der Waals surface area contributed by atoms with Gasteiger partial charge in [-0.15, -0.1) is 0 Å². The van der Waals surface area contributed by atoms with Crippen molar-refractivity contribution in [3.63, 3.8) is 0 Å². The van der Waals surface area contributed by atoms with Crippen molar-refractivity contribution in [3.8, 4) is 39.1 Å². The van der Waals surface area contributed by atoms with Crippen molar-refractivity contribution in [1.82, 2.24) is 4.57 Å². The Morgan fingerprint density at radius 2 is 0.836 bits per heavy atom. The van der Waals surface area contributed by atoms with Gasteiger partial charge in [0, 0.05) is 33.5 Å².